The van der Waals surface area contributed by atoms with Crippen LogP contribution in [0.25, 0.3) is 0 Å². The molecule has 0 bridgehead atoms. The summed E-state index contributed by atoms with van der Waals surface area (Å²) >= 11 is 0. The first-order valence-electron chi connectivity index (χ1n) is 7.06. The average Bonchev–Trinajstić information content (AvgIpc) is 2.45. The molecule has 112 valence electrons. The van der Waals surface area contributed by atoms with Gasteiger partial charge in [-0.3, -0.25) is 0 Å². The molecule has 0 radical (unpaired) electrons. The van der Waals surface area contributed by atoms with Crippen molar-refractivity contribution in [3.8, 4) is 0 Å². The molecule has 0 aromatic heterocycles. The zero-order valence-corrected chi connectivity index (χ0v) is 11.3. The first kappa shape index (κ1) is 15.3. The molecule has 1 aliphatic rings. The van der Waals surface area contributed by atoms with E-state index in [1.807, 2.05) is 0 Å². The fourth-order valence-corrected chi connectivity index (χ4v) is 2.89. The van der Waals surface area contributed by atoms with Crippen molar-refractivity contribution < 1.29 is 18.3 Å². The van der Waals surface area contributed by atoms with E-state index in [1.54, 1.807) is 0 Å². The quantitative estimate of drug-likeness (QED) is 0.816. The number of rotatable bonds is 5. The minimum absolute atomic E-state index is 0.125. The minimum Gasteiger partial charge on any atom is -0.396 e. The lowest BCUT2D eigenvalue weighted by atomic mass is 9.79. The SMILES string of the molecule is OCC1CCCCC1CNCc1cc(F)c(F)cc1F. The van der Waals surface area contributed by atoms with Crippen LogP contribution in [0.15, 0.2) is 12.1 Å². The molecule has 1 aromatic carbocycles. The van der Waals surface area contributed by atoms with Gasteiger partial charge >= 0.3 is 0 Å². The number of hydrogen-bond donors (Lipinski definition) is 2. The van der Waals surface area contributed by atoms with Crippen LogP contribution in [0, 0.1) is 29.3 Å². The third kappa shape index (κ3) is 3.73. The normalized spacial score (nSPS) is 23.0. The van der Waals surface area contributed by atoms with Crippen LogP contribution in [0.2, 0.25) is 0 Å². The van der Waals surface area contributed by atoms with E-state index in [0.717, 1.165) is 31.7 Å². The molecule has 0 spiro atoms. The summed E-state index contributed by atoms with van der Waals surface area (Å²) in [6.07, 6.45) is 4.34. The Hall–Kier alpha value is -1.07. The molecular weight excluding hydrogens is 267 g/mol. The minimum atomic E-state index is -1.17. The lowest BCUT2D eigenvalue weighted by Gasteiger charge is -2.30. The zero-order chi connectivity index (χ0) is 14.5. The van der Waals surface area contributed by atoms with Crippen LogP contribution >= 0.6 is 0 Å². The van der Waals surface area contributed by atoms with Gasteiger partial charge in [0, 0.05) is 24.8 Å². The molecule has 2 nitrogen and oxygen atoms in total. The van der Waals surface area contributed by atoms with Crippen molar-refractivity contribution in [3.05, 3.63) is 35.1 Å². The Morgan fingerprint density at radius 3 is 2.35 bits per heavy atom. The van der Waals surface area contributed by atoms with Gasteiger partial charge in [-0.05, 0) is 37.3 Å². The van der Waals surface area contributed by atoms with Crippen LogP contribution in [-0.4, -0.2) is 18.3 Å². The Balaban J connectivity index is 1.87. The predicted octanol–water partition coefficient (Wildman–Crippen LogP) is 2.99. The van der Waals surface area contributed by atoms with E-state index in [-0.39, 0.29) is 24.6 Å². The first-order chi connectivity index (χ1) is 9.61. The van der Waals surface area contributed by atoms with Gasteiger partial charge in [-0.15, -0.1) is 0 Å². The largest absolute Gasteiger partial charge is 0.396 e. The zero-order valence-electron chi connectivity index (χ0n) is 11.3. The van der Waals surface area contributed by atoms with Crippen molar-refractivity contribution in [2.24, 2.45) is 11.8 Å². The smallest absolute Gasteiger partial charge is 0.161 e. The van der Waals surface area contributed by atoms with Crippen LogP contribution in [0.1, 0.15) is 31.2 Å². The summed E-state index contributed by atoms with van der Waals surface area (Å²) in [5.74, 6) is -2.29. The molecule has 20 heavy (non-hydrogen) atoms. The molecule has 2 N–H and O–H groups in total. The van der Waals surface area contributed by atoms with Crippen molar-refractivity contribution in [1.29, 1.82) is 0 Å². The van der Waals surface area contributed by atoms with Gasteiger partial charge in [0.05, 0.1) is 0 Å². The molecule has 2 unspecified atom stereocenters. The van der Waals surface area contributed by atoms with Crippen molar-refractivity contribution >= 4 is 0 Å². The Kier molecular flexibility index (Phi) is 5.43. The van der Waals surface area contributed by atoms with Gasteiger partial charge in [0.1, 0.15) is 5.82 Å². The topological polar surface area (TPSA) is 32.3 Å². The highest BCUT2D eigenvalue weighted by atomic mass is 19.2. The van der Waals surface area contributed by atoms with Gasteiger partial charge in [-0.1, -0.05) is 12.8 Å². The first-order valence-corrected chi connectivity index (χ1v) is 7.06. The summed E-state index contributed by atoms with van der Waals surface area (Å²) in [5.41, 5.74) is 0.125. The van der Waals surface area contributed by atoms with Crippen LogP contribution in [0.5, 0.6) is 0 Å². The third-order valence-corrected chi connectivity index (χ3v) is 4.11. The van der Waals surface area contributed by atoms with Crippen LogP contribution in [0.4, 0.5) is 13.2 Å². The van der Waals surface area contributed by atoms with Gasteiger partial charge in [0.15, 0.2) is 11.6 Å². The van der Waals surface area contributed by atoms with Crippen LogP contribution in [0.3, 0.4) is 0 Å². The lowest BCUT2D eigenvalue weighted by Crippen LogP contribution is -2.32. The highest BCUT2D eigenvalue weighted by molar-refractivity contribution is 5.19. The van der Waals surface area contributed by atoms with E-state index in [0.29, 0.717) is 18.5 Å². The second-order valence-electron chi connectivity index (χ2n) is 5.48. The van der Waals surface area contributed by atoms with Gasteiger partial charge < -0.3 is 10.4 Å². The average molecular weight is 287 g/mol. The maximum Gasteiger partial charge on any atom is 0.161 e. The Morgan fingerprint density at radius 2 is 1.65 bits per heavy atom. The standard InChI is InChI=1S/C15H20F3NO/c16-13-6-15(18)14(17)5-12(13)8-19-7-10-3-1-2-4-11(10)9-20/h5-6,10-11,19-20H,1-4,7-9H2. The molecule has 1 aromatic rings. The predicted molar refractivity (Wildman–Crippen MR) is 70.6 cm³/mol. The summed E-state index contributed by atoms with van der Waals surface area (Å²) in [5, 5.41) is 12.4. The lowest BCUT2D eigenvalue weighted by molar-refractivity contribution is 0.133. The van der Waals surface area contributed by atoms with E-state index < -0.39 is 17.5 Å². The molecule has 1 fully saturated rings. The second kappa shape index (κ2) is 7.09. The molecule has 0 saturated heterocycles. The Labute approximate surface area is 117 Å². The van der Waals surface area contributed by atoms with Crippen LogP contribution in [-0.2, 0) is 6.54 Å². The monoisotopic (exact) mass is 287 g/mol. The number of nitrogens with one attached hydrogen (secondary N) is 1. The molecule has 1 aliphatic carbocycles. The van der Waals surface area contributed by atoms with Crippen molar-refractivity contribution in [1.82, 2.24) is 5.32 Å². The number of halogens is 3. The second-order valence-corrected chi connectivity index (χ2v) is 5.48. The van der Waals surface area contributed by atoms with Crippen molar-refractivity contribution in [2.45, 2.75) is 32.2 Å². The maximum absolute atomic E-state index is 13.5. The van der Waals surface area contributed by atoms with Crippen molar-refractivity contribution in [2.75, 3.05) is 13.2 Å². The summed E-state index contributed by atoms with van der Waals surface area (Å²) < 4.78 is 39.3. The van der Waals surface area contributed by atoms with Crippen molar-refractivity contribution in [3.63, 3.8) is 0 Å². The summed E-state index contributed by atoms with van der Waals surface area (Å²) in [4.78, 5) is 0. The van der Waals surface area contributed by atoms with Crippen LogP contribution < -0.4 is 5.32 Å². The van der Waals surface area contributed by atoms with E-state index in [1.165, 1.54) is 0 Å². The molecule has 0 heterocycles. The van der Waals surface area contributed by atoms with Gasteiger partial charge in [-0.25, -0.2) is 13.2 Å². The number of hydrogen-bond acceptors (Lipinski definition) is 2. The van der Waals surface area contributed by atoms with Gasteiger partial charge in [-0.2, -0.15) is 0 Å². The van der Waals surface area contributed by atoms with Gasteiger partial charge in [0.2, 0.25) is 0 Å². The number of aliphatic hydroxyl groups is 1. The summed E-state index contributed by atoms with van der Waals surface area (Å²) in [7, 11) is 0. The number of aliphatic hydroxyl groups excluding tert-OH is 1. The van der Waals surface area contributed by atoms with E-state index >= 15 is 0 Å². The van der Waals surface area contributed by atoms with E-state index in [4.69, 9.17) is 0 Å². The maximum atomic E-state index is 13.5. The fraction of sp³-hybridized carbons (Fsp3) is 0.600. The molecule has 0 aliphatic heterocycles. The number of benzene rings is 1. The van der Waals surface area contributed by atoms with E-state index in [2.05, 4.69) is 5.32 Å². The van der Waals surface area contributed by atoms with Gasteiger partial charge in [0.25, 0.3) is 0 Å². The Morgan fingerprint density at radius 1 is 1.00 bits per heavy atom. The molecule has 1 saturated carbocycles. The molecule has 2 atom stereocenters. The molecule has 5 heteroatoms. The highest BCUT2D eigenvalue weighted by Crippen LogP contribution is 2.29. The third-order valence-electron chi connectivity index (χ3n) is 4.11. The molecule has 2 rings (SSSR count). The molecular formula is C15H20F3NO. The summed E-state index contributed by atoms with van der Waals surface area (Å²) in [6.45, 7) is 0.993. The Bertz CT molecular complexity index is 453. The molecule has 0 amide bonds. The fourth-order valence-electron chi connectivity index (χ4n) is 2.89. The summed E-state index contributed by atoms with van der Waals surface area (Å²) in [6, 6.07) is 1.46. The van der Waals surface area contributed by atoms with E-state index in [9.17, 15) is 18.3 Å². The highest BCUT2D eigenvalue weighted by Gasteiger charge is 2.24.